The highest BCUT2D eigenvalue weighted by Crippen LogP contribution is 2.40. The van der Waals surface area contributed by atoms with Crippen LogP contribution in [-0.4, -0.2) is 22.5 Å². The lowest BCUT2D eigenvalue weighted by atomic mass is 10.1. The molecule has 0 spiro atoms. The molecule has 0 aliphatic heterocycles. The molecule has 0 aliphatic rings. The van der Waals surface area contributed by atoms with Gasteiger partial charge in [0.25, 0.3) is 0 Å². The number of hydrogen-bond acceptors (Lipinski definition) is 4. The Morgan fingerprint density at radius 3 is 2.00 bits per heavy atom. The zero-order chi connectivity index (χ0) is 27.9. The molecule has 0 N–H and O–H groups in total. The van der Waals surface area contributed by atoms with Gasteiger partial charge in [-0.25, -0.2) is 4.39 Å². The Bertz CT molecular complexity index is 1250. The molecule has 0 amide bonds. The van der Waals surface area contributed by atoms with Gasteiger partial charge in [-0.1, -0.05) is 30.3 Å². The molecule has 0 fully saturated rings. The molecule has 2 aromatic carbocycles. The van der Waals surface area contributed by atoms with Gasteiger partial charge in [-0.15, -0.1) is 81.8 Å². The third kappa shape index (κ3) is 10.1. The molecule has 3 aromatic rings. The van der Waals surface area contributed by atoms with Crippen LogP contribution in [0.4, 0.5) is 30.7 Å². The van der Waals surface area contributed by atoms with Crippen molar-refractivity contribution in [3.05, 3.63) is 64.3 Å². The Kier molecular flexibility index (Phi) is 13.3. The minimum Gasteiger partial charge on any atom is -0.374 e. The van der Waals surface area contributed by atoms with Crippen LogP contribution in [-0.2, 0) is 22.7 Å². The molecule has 0 aliphatic carbocycles. The van der Waals surface area contributed by atoms with Gasteiger partial charge in [-0.3, -0.25) is 0 Å². The van der Waals surface area contributed by atoms with Crippen LogP contribution in [0.2, 0.25) is 0 Å². The van der Waals surface area contributed by atoms with E-state index in [9.17, 15) is 39.2 Å². The third-order valence-corrected chi connectivity index (χ3v) is 5.95. The molecule has 0 saturated carbocycles. The van der Waals surface area contributed by atoms with E-state index < -0.39 is 38.9 Å². The molecule has 3 rings (SSSR count). The summed E-state index contributed by atoms with van der Waals surface area (Å²) in [5, 5.41) is -0.00755. The van der Waals surface area contributed by atoms with Crippen LogP contribution in [0.1, 0.15) is 16.0 Å². The Hall–Kier alpha value is -0.255. The molecule has 0 radical (unpaired) electrons. The van der Waals surface area contributed by atoms with Crippen molar-refractivity contribution in [3.8, 4) is 5.75 Å². The Morgan fingerprint density at radius 1 is 0.972 bits per heavy atom. The first-order valence-electron chi connectivity index (χ1n) is 8.85. The largest absolute Gasteiger partial charge is 0.534 e. The first-order chi connectivity index (χ1) is 16.4. The summed E-state index contributed by atoms with van der Waals surface area (Å²) >= 11 is 19.4. The van der Waals surface area contributed by atoms with E-state index in [2.05, 4.69) is 51.5 Å². The van der Waals surface area contributed by atoms with E-state index in [4.69, 9.17) is 23.2 Å². The first-order valence-corrected chi connectivity index (χ1v) is 14.9. The predicted molar refractivity (Wildman–Crippen MR) is 141 cm³/mol. The van der Waals surface area contributed by atoms with Crippen molar-refractivity contribution in [2.75, 3.05) is 5.34 Å². The Labute approximate surface area is 240 Å². The normalized spacial score (nSPS) is 11.8. The fourth-order valence-corrected chi connectivity index (χ4v) is 4.19. The van der Waals surface area contributed by atoms with Gasteiger partial charge < -0.3 is 4.18 Å². The number of alkyl halides is 8. The van der Waals surface area contributed by atoms with Gasteiger partial charge in [0.2, 0.25) is 0 Å². The number of halogens is 12. The quantitative estimate of drug-likeness (QED) is 0.0870. The summed E-state index contributed by atoms with van der Waals surface area (Å²) in [5.74, 6) is -1.60. The van der Waals surface area contributed by atoms with Crippen LogP contribution in [0.15, 0.2) is 42.5 Å². The van der Waals surface area contributed by atoms with E-state index in [1.165, 1.54) is 12.1 Å². The third-order valence-electron chi connectivity index (χ3n) is 3.79. The maximum Gasteiger partial charge on any atom is 0.534 e. The van der Waals surface area contributed by atoms with Crippen molar-refractivity contribution in [1.82, 2.24) is 0 Å². The maximum atomic E-state index is 14.7. The molecule has 0 saturated heterocycles. The van der Waals surface area contributed by atoms with Gasteiger partial charge in [0.05, 0.1) is 15.6 Å². The number of rotatable bonds is 4. The summed E-state index contributed by atoms with van der Waals surface area (Å²) in [6.07, 6.45) is -4.87. The molecule has 1 heterocycles. The smallest absolute Gasteiger partial charge is 0.374 e. The summed E-state index contributed by atoms with van der Waals surface area (Å²) < 4.78 is 117. The highest BCUT2D eigenvalue weighted by Gasteiger charge is 2.48. The van der Waals surface area contributed by atoms with E-state index >= 15 is 0 Å². The summed E-state index contributed by atoms with van der Waals surface area (Å²) in [4.78, 5) is -0.0835. The molecule has 200 valence electrons. The fourth-order valence-electron chi connectivity index (χ4n) is 2.50. The first kappa shape index (κ1) is 33.8. The van der Waals surface area contributed by atoms with E-state index in [1.807, 2.05) is 0 Å². The lowest BCUT2D eigenvalue weighted by molar-refractivity contribution is -0.137. The molecule has 18 heteroatoms. The lowest BCUT2D eigenvalue weighted by Crippen LogP contribution is -2.28. The van der Waals surface area contributed by atoms with E-state index in [1.54, 1.807) is 0 Å². The highest BCUT2D eigenvalue weighted by molar-refractivity contribution is 9.69. The van der Waals surface area contributed by atoms with Crippen LogP contribution in [0.5, 0.6) is 5.75 Å². The van der Waals surface area contributed by atoms with Crippen molar-refractivity contribution in [3.63, 3.8) is 0 Å². The SMILES string of the molecule is BrB(Br)Br.ClCCl.O=S(=O)(Oc1cccc2c(F)c(Cc3cccc(C(F)(F)F)c3)sc12)C(F)(F)F. The Balaban J connectivity index is 0.000000825. The van der Waals surface area contributed by atoms with E-state index in [0.717, 1.165) is 30.3 Å². The molecular formula is C18H11BBr3Cl2F7O3S2. The van der Waals surface area contributed by atoms with E-state index in [0.29, 0.717) is 11.3 Å². The molecule has 0 bridgehead atoms. The fraction of sp³-hybridized carbons (Fsp3) is 0.222. The standard InChI is InChI=1S/C17H9F7O3S2.CH2Cl2.BBr3/c18-14-11-5-2-6-12(27-29(25,26)17(22,23)24)15(11)28-13(14)8-9-3-1-4-10(7-9)16(19,20)21;2-1-3;2-1(3)4/h1-7H,8H2;1H2;. The zero-order valence-corrected chi connectivity index (χ0v) is 25.0. The van der Waals surface area contributed by atoms with Crippen molar-refractivity contribution in [1.29, 1.82) is 0 Å². The molecule has 0 unspecified atom stereocenters. The summed E-state index contributed by atoms with van der Waals surface area (Å²) in [6.45, 7) is 0. The van der Waals surface area contributed by atoms with Gasteiger partial charge in [0.15, 0.2) is 5.75 Å². The monoisotopic (exact) mass is 790 g/mol. The number of fused-ring (bicyclic) bond motifs is 1. The molecule has 36 heavy (non-hydrogen) atoms. The summed E-state index contributed by atoms with van der Waals surface area (Å²) in [7, 11) is -5.97. The molecular weight excluding hydrogens is 783 g/mol. The Morgan fingerprint density at radius 2 is 1.50 bits per heavy atom. The molecule has 1 aromatic heterocycles. The van der Waals surface area contributed by atoms with Crippen LogP contribution in [0.3, 0.4) is 0 Å². The number of thiophene rings is 1. The lowest BCUT2D eigenvalue weighted by Gasteiger charge is -2.09. The van der Waals surface area contributed by atoms with Crippen LogP contribution >= 0.6 is 81.8 Å². The van der Waals surface area contributed by atoms with Crippen molar-refractivity contribution in [2.24, 2.45) is 0 Å². The van der Waals surface area contributed by atoms with Crippen molar-refractivity contribution < 1.29 is 43.3 Å². The van der Waals surface area contributed by atoms with Crippen LogP contribution in [0.25, 0.3) is 10.1 Å². The van der Waals surface area contributed by atoms with Gasteiger partial charge in [-0.2, -0.15) is 34.8 Å². The van der Waals surface area contributed by atoms with Crippen molar-refractivity contribution >= 4 is 105 Å². The second kappa shape index (κ2) is 14.2. The average molecular weight is 794 g/mol. The minimum atomic E-state index is -5.97. The predicted octanol–water partition coefficient (Wildman–Crippen LogP) is 9.46. The van der Waals surface area contributed by atoms with Crippen molar-refractivity contribution in [2.45, 2.75) is 18.1 Å². The highest BCUT2D eigenvalue weighted by atomic mass is 79.9. The van der Waals surface area contributed by atoms with Crippen LogP contribution < -0.4 is 4.18 Å². The second-order valence-corrected chi connectivity index (χ2v) is 16.1. The van der Waals surface area contributed by atoms with Gasteiger partial charge in [0, 0.05) is 16.7 Å². The minimum absolute atomic E-state index is 0.0835. The van der Waals surface area contributed by atoms with E-state index in [-0.39, 0.29) is 35.5 Å². The van der Waals surface area contributed by atoms with Gasteiger partial charge in [-0.05, 0) is 17.7 Å². The summed E-state index contributed by atoms with van der Waals surface area (Å²) in [5.41, 5.74) is -6.49. The molecule has 3 nitrogen and oxygen atoms in total. The maximum absolute atomic E-state index is 14.7. The molecule has 0 atom stereocenters. The average Bonchev–Trinajstić information content (AvgIpc) is 3.03. The number of hydrogen-bond donors (Lipinski definition) is 0. The summed E-state index contributed by atoms with van der Waals surface area (Å²) in [6, 6.07) is 7.39. The van der Waals surface area contributed by atoms with Gasteiger partial charge >= 0.3 is 25.0 Å². The zero-order valence-electron chi connectivity index (χ0n) is 17.1. The second-order valence-electron chi connectivity index (χ2n) is 6.18. The topological polar surface area (TPSA) is 43.4 Å². The van der Waals surface area contributed by atoms with Crippen LogP contribution in [0, 0.1) is 5.82 Å². The number of benzene rings is 2. The van der Waals surface area contributed by atoms with Gasteiger partial charge in [0.1, 0.15) is 5.82 Å².